The molecule has 0 aliphatic rings. The third-order valence-corrected chi connectivity index (χ3v) is 3.79. The number of carbonyl (C=O) groups excluding carboxylic acids is 3. The predicted molar refractivity (Wildman–Crippen MR) is 98.9 cm³/mol. The summed E-state index contributed by atoms with van der Waals surface area (Å²) in [6, 6.07) is 3.96. The zero-order valence-electron chi connectivity index (χ0n) is 16.3. The zero-order valence-corrected chi connectivity index (χ0v) is 16.3. The molecular formula is C19H24N2O6. The highest BCUT2D eigenvalue weighted by Crippen LogP contribution is 2.31. The van der Waals surface area contributed by atoms with Gasteiger partial charge in [0.05, 0.1) is 19.7 Å². The van der Waals surface area contributed by atoms with E-state index in [0.29, 0.717) is 22.2 Å². The number of fused-ring (bicyclic) bond motifs is 1. The summed E-state index contributed by atoms with van der Waals surface area (Å²) >= 11 is 0. The Morgan fingerprint density at radius 3 is 2.33 bits per heavy atom. The second-order valence-electron chi connectivity index (χ2n) is 6.96. The molecule has 146 valence electrons. The first-order valence-corrected chi connectivity index (χ1v) is 8.34. The van der Waals surface area contributed by atoms with Gasteiger partial charge in [0.1, 0.15) is 11.4 Å². The van der Waals surface area contributed by atoms with Crippen LogP contribution in [0.4, 0.5) is 4.79 Å². The van der Waals surface area contributed by atoms with E-state index < -0.39 is 23.7 Å². The molecule has 8 heteroatoms. The molecule has 1 amide bonds. The molecule has 1 aromatic heterocycles. The van der Waals surface area contributed by atoms with E-state index in [2.05, 4.69) is 5.32 Å². The molecule has 0 saturated heterocycles. The summed E-state index contributed by atoms with van der Waals surface area (Å²) in [5, 5.41) is 3.10. The maximum absolute atomic E-state index is 12.4. The molecule has 0 aliphatic heterocycles. The minimum atomic E-state index is -1.15. The number of amides is 1. The van der Waals surface area contributed by atoms with E-state index in [0.717, 1.165) is 0 Å². The van der Waals surface area contributed by atoms with Crippen LogP contribution in [0.1, 0.15) is 44.1 Å². The van der Waals surface area contributed by atoms with Gasteiger partial charge in [0.15, 0.2) is 6.04 Å². The van der Waals surface area contributed by atoms with Gasteiger partial charge in [0.25, 0.3) is 0 Å². The molecule has 0 bridgehead atoms. The largest absolute Gasteiger partial charge is 0.497 e. The highest BCUT2D eigenvalue weighted by atomic mass is 16.6. The number of esters is 1. The second kappa shape index (κ2) is 7.69. The summed E-state index contributed by atoms with van der Waals surface area (Å²) in [7, 11) is 2.73. The number of methoxy groups -OCH3 is 2. The molecule has 0 radical (unpaired) electrons. The van der Waals surface area contributed by atoms with Crippen LogP contribution in [0, 0.1) is 0 Å². The van der Waals surface area contributed by atoms with Crippen LogP contribution >= 0.6 is 0 Å². The molecule has 2 aromatic rings. The summed E-state index contributed by atoms with van der Waals surface area (Å²) in [5.41, 5.74) is 0.247. The Balaban J connectivity index is 2.57. The number of rotatable bonds is 4. The topological polar surface area (TPSA) is 95.9 Å². The molecule has 0 spiro atoms. The molecule has 1 atom stereocenters. The van der Waals surface area contributed by atoms with Crippen molar-refractivity contribution in [1.82, 2.24) is 9.88 Å². The van der Waals surface area contributed by atoms with Gasteiger partial charge in [-0.2, -0.15) is 0 Å². The van der Waals surface area contributed by atoms with Crippen LogP contribution in [0.25, 0.3) is 10.9 Å². The molecule has 1 N–H and O–H groups in total. The fourth-order valence-electron chi connectivity index (χ4n) is 2.66. The fraction of sp³-hybridized carbons (Fsp3) is 0.421. The van der Waals surface area contributed by atoms with Gasteiger partial charge in [0, 0.05) is 24.1 Å². The van der Waals surface area contributed by atoms with Crippen LogP contribution in [0.3, 0.4) is 0 Å². The lowest BCUT2D eigenvalue weighted by Crippen LogP contribution is -2.38. The predicted octanol–water partition coefficient (Wildman–Crippen LogP) is 3.05. The average Bonchev–Trinajstić information content (AvgIpc) is 2.96. The van der Waals surface area contributed by atoms with Gasteiger partial charge < -0.3 is 19.5 Å². The van der Waals surface area contributed by atoms with Crippen molar-refractivity contribution < 1.29 is 28.6 Å². The van der Waals surface area contributed by atoms with E-state index in [1.165, 1.54) is 31.9 Å². The first-order valence-electron chi connectivity index (χ1n) is 8.34. The Labute approximate surface area is 157 Å². The van der Waals surface area contributed by atoms with Crippen LogP contribution in [0.2, 0.25) is 0 Å². The van der Waals surface area contributed by atoms with Crippen molar-refractivity contribution in [3.8, 4) is 5.75 Å². The third kappa shape index (κ3) is 4.58. The first kappa shape index (κ1) is 20.3. The van der Waals surface area contributed by atoms with Crippen molar-refractivity contribution in [3.05, 3.63) is 30.0 Å². The summed E-state index contributed by atoms with van der Waals surface area (Å²) in [4.78, 5) is 36.6. The van der Waals surface area contributed by atoms with Gasteiger partial charge in [-0.25, -0.2) is 9.59 Å². The molecule has 1 unspecified atom stereocenters. The van der Waals surface area contributed by atoms with Crippen LogP contribution in [-0.4, -0.2) is 42.4 Å². The van der Waals surface area contributed by atoms with Crippen LogP contribution < -0.4 is 10.1 Å². The Morgan fingerprint density at radius 2 is 1.81 bits per heavy atom. The number of benzene rings is 1. The van der Waals surface area contributed by atoms with Crippen LogP contribution in [0.5, 0.6) is 5.75 Å². The number of nitrogens with one attached hydrogen (secondary N) is 1. The van der Waals surface area contributed by atoms with Gasteiger partial charge in [-0.3, -0.25) is 9.36 Å². The van der Waals surface area contributed by atoms with Gasteiger partial charge in [-0.15, -0.1) is 0 Å². The monoisotopic (exact) mass is 376 g/mol. The van der Waals surface area contributed by atoms with Crippen molar-refractivity contribution in [2.24, 2.45) is 0 Å². The standard InChI is InChI=1S/C19H24N2O6/c1-11(22)21-10-14(13-9-12(25-5)7-8-15(13)21)16(17(23)26-6)20-18(24)27-19(2,3)4/h7-10,16H,1-6H3,(H,20,24). The first-order chi connectivity index (χ1) is 12.6. The molecule has 27 heavy (non-hydrogen) atoms. The Hall–Kier alpha value is -3.03. The zero-order chi connectivity index (χ0) is 20.4. The number of ether oxygens (including phenoxy) is 3. The van der Waals surface area contributed by atoms with E-state index in [1.807, 2.05) is 0 Å². The lowest BCUT2D eigenvalue weighted by molar-refractivity contribution is -0.143. The number of hydrogen-bond donors (Lipinski definition) is 1. The lowest BCUT2D eigenvalue weighted by Gasteiger charge is -2.22. The average molecular weight is 376 g/mol. The Morgan fingerprint density at radius 1 is 1.15 bits per heavy atom. The number of nitrogens with zero attached hydrogens (tertiary/aromatic N) is 1. The van der Waals surface area contributed by atoms with Gasteiger partial charge in [-0.1, -0.05) is 0 Å². The van der Waals surface area contributed by atoms with Gasteiger partial charge >= 0.3 is 12.1 Å². The maximum Gasteiger partial charge on any atom is 0.408 e. The minimum Gasteiger partial charge on any atom is -0.497 e. The number of alkyl carbamates (subject to hydrolysis) is 1. The van der Waals surface area contributed by atoms with Crippen LogP contribution in [0.15, 0.2) is 24.4 Å². The minimum absolute atomic E-state index is 0.239. The number of carbonyl (C=O) groups is 3. The quantitative estimate of drug-likeness (QED) is 0.824. The highest BCUT2D eigenvalue weighted by Gasteiger charge is 2.30. The molecular weight excluding hydrogens is 352 g/mol. The van der Waals surface area contributed by atoms with E-state index in [1.54, 1.807) is 39.0 Å². The molecule has 0 fully saturated rings. The van der Waals surface area contributed by atoms with E-state index in [9.17, 15) is 14.4 Å². The maximum atomic E-state index is 12.4. The summed E-state index contributed by atoms with van der Waals surface area (Å²) < 4.78 is 16.7. The van der Waals surface area contributed by atoms with Crippen molar-refractivity contribution in [1.29, 1.82) is 0 Å². The van der Waals surface area contributed by atoms with Crippen molar-refractivity contribution >= 4 is 28.9 Å². The van der Waals surface area contributed by atoms with E-state index >= 15 is 0 Å². The summed E-state index contributed by atoms with van der Waals surface area (Å²) in [5.74, 6) is -0.380. The number of aromatic nitrogens is 1. The normalized spacial score (nSPS) is 12.4. The molecule has 2 rings (SSSR count). The van der Waals surface area contributed by atoms with E-state index in [-0.39, 0.29) is 5.91 Å². The smallest absolute Gasteiger partial charge is 0.408 e. The molecule has 0 saturated carbocycles. The molecule has 8 nitrogen and oxygen atoms in total. The Bertz CT molecular complexity index is 878. The highest BCUT2D eigenvalue weighted by molar-refractivity contribution is 5.97. The van der Waals surface area contributed by atoms with Crippen LogP contribution in [-0.2, 0) is 14.3 Å². The summed E-state index contributed by atoms with van der Waals surface area (Å²) in [6.07, 6.45) is 0.732. The van der Waals surface area contributed by atoms with Gasteiger partial charge in [-0.05, 0) is 39.0 Å². The molecule has 1 aromatic carbocycles. The SMILES string of the molecule is COC(=O)C(NC(=O)OC(C)(C)C)c1cn(C(C)=O)c2ccc(OC)cc12. The number of hydrogen-bond acceptors (Lipinski definition) is 6. The molecule has 0 aliphatic carbocycles. The molecule has 1 heterocycles. The lowest BCUT2D eigenvalue weighted by atomic mass is 10.1. The third-order valence-electron chi connectivity index (χ3n) is 3.79. The van der Waals surface area contributed by atoms with Crippen molar-refractivity contribution in [2.75, 3.05) is 14.2 Å². The van der Waals surface area contributed by atoms with Gasteiger partial charge in [0.2, 0.25) is 5.91 Å². The second-order valence-corrected chi connectivity index (χ2v) is 6.96. The summed E-state index contributed by atoms with van der Waals surface area (Å²) in [6.45, 7) is 6.55. The Kier molecular flexibility index (Phi) is 5.78. The van der Waals surface area contributed by atoms with Crippen molar-refractivity contribution in [3.63, 3.8) is 0 Å². The van der Waals surface area contributed by atoms with E-state index in [4.69, 9.17) is 14.2 Å². The van der Waals surface area contributed by atoms with Crippen molar-refractivity contribution in [2.45, 2.75) is 39.3 Å². The fourth-order valence-corrected chi connectivity index (χ4v) is 2.66.